The van der Waals surface area contributed by atoms with Crippen molar-refractivity contribution in [2.75, 3.05) is 86.7 Å². The zero-order valence-corrected chi connectivity index (χ0v) is 55.4. The molecule has 0 bridgehead atoms. The number of amides is 3. The lowest BCUT2D eigenvalue weighted by Crippen LogP contribution is -2.65. The molecule has 7 N–H and O–H groups in total. The molecule has 85 heavy (non-hydrogen) atoms. The van der Waals surface area contributed by atoms with Gasteiger partial charge in [0, 0.05) is 80.9 Å². The first-order valence-electron chi connectivity index (χ1n) is 33.2. The van der Waals surface area contributed by atoms with Gasteiger partial charge in [0.05, 0.1) is 8.52 Å². The van der Waals surface area contributed by atoms with Crippen molar-refractivity contribution in [2.45, 2.75) is 184 Å². The van der Waals surface area contributed by atoms with Crippen LogP contribution in [0.4, 0.5) is 14.0 Å². The number of nitrogens with two attached hydrogens (primary N) is 1. The number of urea groups is 1. The first-order valence-corrected chi connectivity index (χ1v) is 32.9. The predicted octanol–water partition coefficient (Wildman–Crippen LogP) is 14.5. The Hall–Kier alpha value is -4.04. The Labute approximate surface area is 517 Å². The normalized spacial score (nSPS) is 40.8. The number of allylic oxidation sites excluding steroid dienone is 2. The van der Waals surface area contributed by atoms with Gasteiger partial charge in [-0.1, -0.05) is 93.5 Å². The van der Waals surface area contributed by atoms with Crippen molar-refractivity contribution in [3.8, 4) is 23.0 Å². The maximum Gasteiger partial charge on any atom is 0.317 e. The van der Waals surface area contributed by atoms with Crippen molar-refractivity contribution in [1.29, 1.82) is 0 Å². The average Bonchev–Trinajstić information content (AvgIpc) is 0.693. The van der Waals surface area contributed by atoms with Crippen molar-refractivity contribution < 1.29 is 35.8 Å². The summed E-state index contributed by atoms with van der Waals surface area (Å²) < 4.78 is 15.5. The fourth-order valence-electron chi connectivity index (χ4n) is 20.5. The maximum absolute atomic E-state index is 13.1. The molecule has 2 aromatic rings. The fraction of sp³-hybridized carbons (Fsp3) is 0.746. The Morgan fingerprint density at radius 3 is 1.35 bits per heavy atom. The van der Waals surface area contributed by atoms with Crippen LogP contribution in [0.2, 0.25) is 0 Å². The third-order valence-corrected chi connectivity index (χ3v) is 27.6. The highest BCUT2D eigenvalue weighted by molar-refractivity contribution is 6.62. The summed E-state index contributed by atoms with van der Waals surface area (Å²) in [5, 5.41) is 45.0. The molecule has 2 aromatic carbocycles. The number of carbonyl (C=O) groups excluding carboxylic acids is 2. The third kappa shape index (κ3) is 10.7. The number of benzene rings is 2. The summed E-state index contributed by atoms with van der Waals surface area (Å²) in [6.07, 6.45) is 26.4. The molecule has 0 spiro atoms. The Balaban J connectivity index is 0.000000173. The van der Waals surface area contributed by atoms with E-state index in [1.165, 1.54) is 75.3 Å². The smallest absolute Gasteiger partial charge is 0.317 e. The van der Waals surface area contributed by atoms with Gasteiger partial charge in [-0.25, -0.2) is 4.79 Å². The van der Waals surface area contributed by atoms with Crippen molar-refractivity contribution in [3.63, 3.8) is 0 Å². The van der Waals surface area contributed by atoms with Gasteiger partial charge >= 0.3 is 11.4 Å². The van der Waals surface area contributed by atoms with Crippen LogP contribution < -0.4 is 11.1 Å². The van der Waals surface area contributed by atoms with Gasteiger partial charge in [-0.15, -0.1) is 0 Å². The zero-order valence-electron chi connectivity index (χ0n) is 55.7. The Bertz CT molecular complexity index is 2950. The van der Waals surface area contributed by atoms with E-state index < -0.39 is 7.15 Å². The Kier molecular flexibility index (Phi) is 17.4. The molecule has 12 nitrogen and oxygen atoms in total. The van der Waals surface area contributed by atoms with E-state index in [2.05, 4.69) is 116 Å². The van der Waals surface area contributed by atoms with Crippen LogP contribution in [0.1, 0.15) is 194 Å². The number of likely N-dealkylation sites (N-methyl/N-ethyl adjacent to an activating group) is 2. The first-order chi connectivity index (χ1) is 40.1. The summed E-state index contributed by atoms with van der Waals surface area (Å²) >= 11 is 5.27. The predicted molar refractivity (Wildman–Crippen MR) is 344 cm³/mol. The van der Waals surface area contributed by atoms with Crippen LogP contribution in [0.5, 0.6) is 23.0 Å². The minimum Gasteiger partial charge on any atom is -0.504 e. The van der Waals surface area contributed by atoms with Crippen LogP contribution in [0, 0.1) is 80.8 Å². The molecule has 2 unspecified atom stereocenters. The maximum atomic E-state index is 13.1. The van der Waals surface area contributed by atoms with E-state index in [9.17, 15) is 34.4 Å². The van der Waals surface area contributed by atoms with Crippen molar-refractivity contribution in [1.82, 2.24) is 24.9 Å². The number of nitrogens with zero attached hydrogens (tertiary/aromatic N) is 4. The first kappa shape index (κ1) is 64.0. The molecule has 0 aromatic heterocycles. The van der Waals surface area contributed by atoms with Gasteiger partial charge in [-0.05, 0) is 237 Å². The number of phenolic OH excluding ortho intramolecular Hbond substituents is 4. The molecule has 3 amide bonds. The van der Waals surface area contributed by atoms with E-state index >= 15 is 0 Å². The van der Waals surface area contributed by atoms with Crippen molar-refractivity contribution in [3.05, 3.63) is 57.7 Å². The molecule has 474 valence electrons. The van der Waals surface area contributed by atoms with Crippen LogP contribution >= 0.6 is 11.6 Å². The second-order valence-electron chi connectivity index (χ2n) is 32.0. The van der Waals surface area contributed by atoms with Gasteiger partial charge in [0.15, 0.2) is 23.0 Å². The van der Waals surface area contributed by atoms with Gasteiger partial charge in [0.2, 0.25) is 0 Å². The standard InChI is InChI=1S/C35H53N3O3.C29H43NO2.C6H11ClN2O.CH3F/c1-23-24-8-9-27-33(4,25(24)20-26(39)29(23)40)13-15-35(6)28-21-31(2,10-11-32(28,3)12-14-34(27,35)5)22-36-30(41)38-18-16-37(7)17-19-38;1-18-19-7-8-22-27(4,20(19)15-21(31)24(18)32)12-14-29(6)23-16-25(2,17-30)9-10-26(23,3)11-13-28(22,29)5;1-8-2-4-9(5-3-8)6(7)10;1-2/h8-9,20,27-28,39-40H,10-19,21-22H2,1-7H3,(H,36,41);7-8,15,22-23,31-32H,9-14,16-17,30H2,1-6H3;2-5H2,1H3;1H3/t27?,28-,31-,32-,33+,34-,35+;22?,23-,25-,26-,27+,28-,29+;;/m11../s1/i;;;1D. The monoisotopic (exact) mass is 1200 g/mol. The SMILES string of the molecule is CN1CCN(C(=O)Cl)CC1.Cc1c(O)c(O)cc2c1C=CC1[C@@]2(C)CC[C@@]2(C)[C@@H]3C[C@](C)(CN)CC[C@]3(C)CC[C@]12C.Cc1c(O)c(O)cc2c1C=CC1[C@@]2(C)CC[C@@]2(C)[C@@H]3C[C@](C)(CNC(=O)N4CCN(C)CC4)CC[C@]3(C)CC[C@]12C.[2H]CF. The topological polar surface area (TPSA) is 166 Å². The summed E-state index contributed by atoms with van der Waals surface area (Å²) in [5.74, 6) is 2.17. The van der Waals surface area contributed by atoms with E-state index in [1.807, 2.05) is 37.9 Å². The number of hydrogen-bond donors (Lipinski definition) is 6. The molecular weight excluding hydrogens is 1090 g/mol. The summed E-state index contributed by atoms with van der Waals surface area (Å²) in [7, 11) is 3.16. The van der Waals surface area contributed by atoms with Gasteiger partial charge in [-0.2, -0.15) is 0 Å². The number of carbonyl (C=O) groups is 2. The molecule has 8 fully saturated rings. The third-order valence-electron chi connectivity index (χ3n) is 27.3. The lowest BCUT2D eigenvalue weighted by Gasteiger charge is -2.71. The second kappa shape index (κ2) is 23.1. The molecule has 10 aliphatic rings. The lowest BCUT2D eigenvalue weighted by atomic mass is 9.33. The van der Waals surface area contributed by atoms with Crippen molar-refractivity contribution in [2.24, 2.45) is 72.7 Å². The number of alkyl halides is 1. The number of halogens is 2. The average molecular weight is 1200 g/mol. The summed E-state index contributed by atoms with van der Waals surface area (Å²) in [4.78, 5) is 31.8. The summed E-state index contributed by atoms with van der Waals surface area (Å²) in [5.41, 5.74) is 14.3. The minimum atomic E-state index is -1.00. The van der Waals surface area contributed by atoms with Gasteiger partial charge in [0.25, 0.3) is 0 Å². The molecule has 12 rings (SSSR count). The summed E-state index contributed by atoms with van der Waals surface area (Å²) in [6, 6.07) is 3.82. The van der Waals surface area contributed by atoms with Gasteiger partial charge in [-0.3, -0.25) is 9.18 Å². The Morgan fingerprint density at radius 2 is 0.953 bits per heavy atom. The van der Waals surface area contributed by atoms with E-state index in [-0.39, 0.29) is 77.7 Å². The van der Waals surface area contributed by atoms with Gasteiger partial charge in [0.1, 0.15) is 0 Å². The van der Waals surface area contributed by atoms with Gasteiger partial charge < -0.3 is 51.1 Å². The van der Waals surface area contributed by atoms with Crippen LogP contribution in [-0.4, -0.2) is 138 Å². The molecule has 14 atom stereocenters. The highest BCUT2D eigenvalue weighted by atomic mass is 35.5. The fourth-order valence-corrected chi connectivity index (χ4v) is 20.7. The molecule has 2 aliphatic heterocycles. The number of fused-ring (bicyclic) bond motifs is 14. The van der Waals surface area contributed by atoms with E-state index in [0.29, 0.717) is 34.5 Å². The number of aromatic hydroxyl groups is 4. The number of nitrogens with one attached hydrogen (secondary N) is 1. The largest absolute Gasteiger partial charge is 0.504 e. The minimum absolute atomic E-state index is 0.00732. The van der Waals surface area contributed by atoms with Crippen molar-refractivity contribution >= 4 is 35.2 Å². The highest BCUT2D eigenvalue weighted by Crippen LogP contribution is 2.77. The lowest BCUT2D eigenvalue weighted by molar-refractivity contribution is -0.198. The van der Waals surface area contributed by atoms with E-state index in [1.54, 1.807) is 4.90 Å². The Morgan fingerprint density at radius 1 is 0.588 bits per heavy atom. The number of hydrogen-bond acceptors (Lipinski definition) is 9. The molecule has 6 saturated carbocycles. The molecule has 0 radical (unpaired) electrons. The van der Waals surface area contributed by atoms with Crippen LogP contribution in [-0.2, 0) is 10.8 Å². The van der Waals surface area contributed by atoms with Crippen LogP contribution in [0.25, 0.3) is 12.2 Å². The molecule has 8 aliphatic carbocycles. The van der Waals surface area contributed by atoms with E-state index in [0.717, 1.165) is 113 Å². The number of phenols is 4. The van der Waals surface area contributed by atoms with Crippen LogP contribution in [0.3, 0.4) is 0 Å². The molecule has 2 saturated heterocycles. The molecule has 14 heteroatoms. The van der Waals surface area contributed by atoms with Crippen LogP contribution in [0.15, 0.2) is 24.3 Å². The number of rotatable bonds is 3. The quantitative estimate of drug-likeness (QED) is 0.0996. The molecule has 2 heterocycles. The summed E-state index contributed by atoms with van der Waals surface area (Å²) in [6.45, 7) is 37.5. The highest BCUT2D eigenvalue weighted by Gasteiger charge is 2.69. The molecular formula is C71H110ClFN6O6. The van der Waals surface area contributed by atoms with E-state index in [4.69, 9.17) is 18.7 Å². The second-order valence-corrected chi connectivity index (χ2v) is 32.3. The number of piperazine rings is 2. The zero-order chi connectivity index (χ0) is 63.2.